The molecule has 0 bridgehead atoms. The van der Waals surface area contributed by atoms with Crippen LogP contribution in [-0.4, -0.2) is 43.4 Å². The maximum atomic E-state index is 8.61. The molecule has 0 rings (SSSR count). The smallest absolute Gasteiger partial charge is 0.180 e. The van der Waals surface area contributed by atoms with Gasteiger partial charge in [0, 0.05) is 19.6 Å². The second-order valence-electron chi connectivity index (χ2n) is 2.47. The third-order valence-electron chi connectivity index (χ3n) is 1.29. The van der Waals surface area contributed by atoms with Crippen molar-refractivity contribution in [1.82, 2.24) is 0 Å². The highest BCUT2D eigenvalue weighted by Crippen LogP contribution is 1.98. The fraction of sp³-hybridized carbons (Fsp3) is 1.00. The van der Waals surface area contributed by atoms with E-state index in [0.29, 0.717) is 6.61 Å². The first kappa shape index (κ1) is 10.8. The van der Waals surface area contributed by atoms with Crippen LogP contribution in [0.1, 0.15) is 6.92 Å². The molecule has 68 valence electrons. The predicted molar refractivity (Wildman–Crippen MR) is 40.1 cm³/mol. The monoisotopic (exact) mass is 164 g/mol. The van der Waals surface area contributed by atoms with Crippen LogP contribution >= 0.6 is 0 Å². The molecule has 0 aliphatic carbocycles. The number of ether oxygens (including phenoxy) is 2. The zero-order valence-corrected chi connectivity index (χ0v) is 6.99. The quantitative estimate of drug-likeness (QED) is 0.524. The number of hydrogen-bond acceptors (Lipinski definition) is 4. The van der Waals surface area contributed by atoms with Crippen molar-refractivity contribution < 1.29 is 19.7 Å². The molecule has 2 unspecified atom stereocenters. The van der Waals surface area contributed by atoms with Crippen molar-refractivity contribution >= 4 is 0 Å². The van der Waals surface area contributed by atoms with Crippen molar-refractivity contribution in [1.29, 1.82) is 0 Å². The molecule has 0 aromatic carbocycles. The SMILES string of the molecule is COC(CO)OCC(C)CO. The van der Waals surface area contributed by atoms with Crippen molar-refractivity contribution in [3.05, 3.63) is 0 Å². The number of aliphatic hydroxyl groups is 2. The standard InChI is InChI=1S/C7H16O4/c1-6(3-8)5-11-7(4-9)10-2/h6-9H,3-5H2,1-2H3. The van der Waals surface area contributed by atoms with Gasteiger partial charge in [0.15, 0.2) is 6.29 Å². The molecule has 0 saturated heterocycles. The van der Waals surface area contributed by atoms with E-state index in [2.05, 4.69) is 0 Å². The largest absolute Gasteiger partial charge is 0.396 e. The van der Waals surface area contributed by atoms with E-state index >= 15 is 0 Å². The van der Waals surface area contributed by atoms with Gasteiger partial charge in [-0.25, -0.2) is 0 Å². The first-order valence-corrected chi connectivity index (χ1v) is 3.60. The molecule has 2 N–H and O–H groups in total. The number of aliphatic hydroxyl groups excluding tert-OH is 2. The Morgan fingerprint density at radius 1 is 1.27 bits per heavy atom. The van der Waals surface area contributed by atoms with E-state index in [4.69, 9.17) is 19.7 Å². The Labute approximate surface area is 66.7 Å². The van der Waals surface area contributed by atoms with Gasteiger partial charge in [-0.1, -0.05) is 6.92 Å². The van der Waals surface area contributed by atoms with Crippen LogP contribution in [-0.2, 0) is 9.47 Å². The van der Waals surface area contributed by atoms with Crippen molar-refractivity contribution in [3.63, 3.8) is 0 Å². The van der Waals surface area contributed by atoms with Gasteiger partial charge in [-0.2, -0.15) is 0 Å². The first-order chi connectivity index (χ1) is 5.24. The van der Waals surface area contributed by atoms with Crippen LogP contribution in [0.4, 0.5) is 0 Å². The average molecular weight is 164 g/mol. The topological polar surface area (TPSA) is 58.9 Å². The van der Waals surface area contributed by atoms with E-state index in [1.54, 1.807) is 0 Å². The molecule has 0 spiro atoms. The summed E-state index contributed by atoms with van der Waals surface area (Å²) in [4.78, 5) is 0. The molecule has 0 aliphatic rings. The van der Waals surface area contributed by atoms with Gasteiger partial charge in [0.1, 0.15) is 0 Å². The van der Waals surface area contributed by atoms with Crippen molar-refractivity contribution in [2.45, 2.75) is 13.2 Å². The molecule has 0 radical (unpaired) electrons. The van der Waals surface area contributed by atoms with Crippen LogP contribution in [0, 0.1) is 5.92 Å². The maximum Gasteiger partial charge on any atom is 0.180 e. The van der Waals surface area contributed by atoms with E-state index in [1.807, 2.05) is 6.92 Å². The Hall–Kier alpha value is -0.160. The molecule has 0 aromatic rings. The van der Waals surface area contributed by atoms with Crippen LogP contribution in [0.5, 0.6) is 0 Å². The summed E-state index contributed by atoms with van der Waals surface area (Å²) >= 11 is 0. The highest BCUT2D eigenvalue weighted by molar-refractivity contribution is 4.47. The Bertz CT molecular complexity index is 82.5. The molecule has 0 saturated carbocycles. The lowest BCUT2D eigenvalue weighted by Crippen LogP contribution is -2.23. The van der Waals surface area contributed by atoms with E-state index in [1.165, 1.54) is 7.11 Å². The normalized spacial score (nSPS) is 16.4. The van der Waals surface area contributed by atoms with Gasteiger partial charge in [-0.05, 0) is 0 Å². The van der Waals surface area contributed by atoms with Crippen LogP contribution in [0.2, 0.25) is 0 Å². The van der Waals surface area contributed by atoms with E-state index in [-0.39, 0.29) is 19.1 Å². The van der Waals surface area contributed by atoms with Crippen LogP contribution in [0.15, 0.2) is 0 Å². The van der Waals surface area contributed by atoms with Crippen LogP contribution in [0.25, 0.3) is 0 Å². The summed E-state index contributed by atoms with van der Waals surface area (Å²) in [6, 6.07) is 0. The summed E-state index contributed by atoms with van der Waals surface area (Å²) in [6.07, 6.45) is -0.566. The van der Waals surface area contributed by atoms with Crippen molar-refractivity contribution in [2.75, 3.05) is 26.9 Å². The summed E-state index contributed by atoms with van der Waals surface area (Å²) in [5.74, 6) is 0.0826. The molecule has 4 nitrogen and oxygen atoms in total. The van der Waals surface area contributed by atoms with E-state index < -0.39 is 6.29 Å². The highest BCUT2D eigenvalue weighted by Gasteiger charge is 2.07. The Morgan fingerprint density at radius 2 is 1.91 bits per heavy atom. The van der Waals surface area contributed by atoms with Crippen molar-refractivity contribution in [3.8, 4) is 0 Å². The Balaban J connectivity index is 3.34. The number of hydrogen-bond donors (Lipinski definition) is 2. The molecule has 0 amide bonds. The molecular weight excluding hydrogens is 148 g/mol. The maximum absolute atomic E-state index is 8.61. The zero-order chi connectivity index (χ0) is 8.69. The zero-order valence-electron chi connectivity index (χ0n) is 6.99. The highest BCUT2D eigenvalue weighted by atomic mass is 16.7. The minimum atomic E-state index is -0.566. The van der Waals surface area contributed by atoms with Gasteiger partial charge < -0.3 is 19.7 Å². The van der Waals surface area contributed by atoms with Crippen LogP contribution < -0.4 is 0 Å². The Morgan fingerprint density at radius 3 is 2.27 bits per heavy atom. The molecule has 0 fully saturated rings. The third kappa shape index (κ3) is 5.15. The van der Waals surface area contributed by atoms with Gasteiger partial charge in [0.25, 0.3) is 0 Å². The third-order valence-corrected chi connectivity index (χ3v) is 1.29. The molecular formula is C7H16O4. The molecule has 0 aromatic heterocycles. The number of rotatable bonds is 6. The number of methoxy groups -OCH3 is 1. The fourth-order valence-corrected chi connectivity index (χ4v) is 0.520. The lowest BCUT2D eigenvalue weighted by Gasteiger charge is -2.15. The summed E-state index contributed by atoms with van der Waals surface area (Å²) in [5, 5.41) is 17.2. The minimum Gasteiger partial charge on any atom is -0.396 e. The molecule has 11 heavy (non-hydrogen) atoms. The summed E-state index contributed by atoms with van der Waals surface area (Å²) in [6.45, 7) is 2.18. The summed E-state index contributed by atoms with van der Waals surface area (Å²) in [7, 11) is 1.46. The lowest BCUT2D eigenvalue weighted by atomic mass is 10.2. The van der Waals surface area contributed by atoms with Gasteiger partial charge in [-0.3, -0.25) is 0 Å². The lowest BCUT2D eigenvalue weighted by molar-refractivity contribution is -0.154. The molecule has 0 aliphatic heterocycles. The van der Waals surface area contributed by atoms with Gasteiger partial charge in [0.2, 0.25) is 0 Å². The second-order valence-corrected chi connectivity index (χ2v) is 2.47. The molecule has 2 atom stereocenters. The van der Waals surface area contributed by atoms with Crippen LogP contribution in [0.3, 0.4) is 0 Å². The van der Waals surface area contributed by atoms with Gasteiger partial charge in [0.05, 0.1) is 13.2 Å². The van der Waals surface area contributed by atoms with Crippen molar-refractivity contribution in [2.24, 2.45) is 5.92 Å². The second kappa shape index (κ2) is 6.54. The van der Waals surface area contributed by atoms with Gasteiger partial charge in [-0.15, -0.1) is 0 Å². The Kier molecular flexibility index (Phi) is 6.45. The summed E-state index contributed by atoms with van der Waals surface area (Å²) in [5.41, 5.74) is 0. The average Bonchev–Trinajstić information content (AvgIpc) is 2.06. The van der Waals surface area contributed by atoms with E-state index in [9.17, 15) is 0 Å². The fourth-order valence-electron chi connectivity index (χ4n) is 0.520. The molecule has 4 heteroatoms. The summed E-state index contributed by atoms with van der Waals surface area (Å²) < 4.78 is 9.80. The predicted octanol–water partition coefficient (Wildman–Crippen LogP) is -0.404. The minimum absolute atomic E-state index is 0.0826. The van der Waals surface area contributed by atoms with E-state index in [0.717, 1.165) is 0 Å². The molecule has 0 heterocycles. The van der Waals surface area contributed by atoms with Gasteiger partial charge >= 0.3 is 0 Å². The first-order valence-electron chi connectivity index (χ1n) is 3.60.